The highest BCUT2D eigenvalue weighted by molar-refractivity contribution is 6.45. The van der Waals surface area contributed by atoms with E-state index in [0.29, 0.717) is 12.1 Å². The van der Waals surface area contributed by atoms with Crippen molar-refractivity contribution in [2.45, 2.75) is 32.2 Å². The largest absolute Gasteiger partial charge is 0.347 e. The Labute approximate surface area is 158 Å². The van der Waals surface area contributed by atoms with Crippen molar-refractivity contribution < 1.29 is 9.59 Å². The van der Waals surface area contributed by atoms with Crippen molar-refractivity contribution >= 4 is 22.6 Å². The first kappa shape index (κ1) is 17.5. The van der Waals surface area contributed by atoms with Gasteiger partial charge in [-0.3, -0.25) is 14.6 Å². The molecular formula is C22H23N3O2. The Balaban J connectivity index is 1.72. The first-order valence-corrected chi connectivity index (χ1v) is 9.39. The van der Waals surface area contributed by atoms with Gasteiger partial charge < -0.3 is 9.47 Å². The van der Waals surface area contributed by atoms with Crippen LogP contribution in [-0.4, -0.2) is 32.7 Å². The monoisotopic (exact) mass is 361 g/mol. The Morgan fingerprint density at radius 2 is 1.93 bits per heavy atom. The van der Waals surface area contributed by atoms with Crippen LogP contribution in [0.15, 0.2) is 48.8 Å². The van der Waals surface area contributed by atoms with Gasteiger partial charge in [0.2, 0.25) is 0 Å². The predicted molar refractivity (Wildman–Crippen MR) is 105 cm³/mol. The van der Waals surface area contributed by atoms with Gasteiger partial charge in [0.15, 0.2) is 0 Å². The van der Waals surface area contributed by atoms with Crippen LogP contribution in [-0.2, 0) is 11.8 Å². The van der Waals surface area contributed by atoms with Crippen LogP contribution in [0.1, 0.15) is 46.9 Å². The number of nitrogens with zero attached hydrogens (tertiary/aromatic N) is 3. The van der Waals surface area contributed by atoms with E-state index in [0.717, 1.165) is 41.4 Å². The first-order chi connectivity index (χ1) is 13.1. The lowest BCUT2D eigenvalue weighted by Gasteiger charge is -2.35. The van der Waals surface area contributed by atoms with E-state index >= 15 is 0 Å². The molecule has 0 spiro atoms. The number of fused-ring (bicyclic) bond motifs is 1. The summed E-state index contributed by atoms with van der Waals surface area (Å²) in [5, 5.41) is 0.839. The molecule has 3 aromatic rings. The number of amides is 1. The Morgan fingerprint density at radius 1 is 1.11 bits per heavy atom. The molecule has 0 N–H and O–H groups in total. The fraction of sp³-hybridized carbons (Fsp3) is 0.318. The van der Waals surface area contributed by atoms with E-state index < -0.39 is 11.7 Å². The van der Waals surface area contributed by atoms with Crippen molar-refractivity contribution in [3.63, 3.8) is 0 Å². The molecule has 5 nitrogen and oxygen atoms in total. The molecule has 1 aromatic carbocycles. The van der Waals surface area contributed by atoms with Gasteiger partial charge in [0.25, 0.3) is 11.7 Å². The second-order valence-corrected chi connectivity index (χ2v) is 7.16. The molecular weight excluding hydrogens is 338 g/mol. The molecule has 0 radical (unpaired) electrons. The Kier molecular flexibility index (Phi) is 4.52. The minimum atomic E-state index is -0.417. The summed E-state index contributed by atoms with van der Waals surface area (Å²) in [7, 11) is 1.93. The van der Waals surface area contributed by atoms with Gasteiger partial charge in [-0.25, -0.2) is 0 Å². The third-order valence-corrected chi connectivity index (χ3v) is 5.65. The molecule has 1 saturated heterocycles. The summed E-state index contributed by atoms with van der Waals surface area (Å²) in [6, 6.07) is 11.5. The predicted octanol–water partition coefficient (Wildman–Crippen LogP) is 3.82. The molecule has 2 aromatic heterocycles. The van der Waals surface area contributed by atoms with Gasteiger partial charge in [-0.05, 0) is 43.9 Å². The molecule has 1 aliphatic rings. The van der Waals surface area contributed by atoms with E-state index in [9.17, 15) is 9.59 Å². The minimum Gasteiger partial charge on any atom is -0.347 e. The fourth-order valence-electron chi connectivity index (χ4n) is 4.14. The molecule has 0 bridgehead atoms. The zero-order chi connectivity index (χ0) is 19.0. The number of carbonyl (C=O) groups is 2. The number of aryl methyl sites for hydroxylation is 1. The van der Waals surface area contributed by atoms with E-state index in [4.69, 9.17) is 0 Å². The lowest BCUT2D eigenvalue weighted by atomic mass is 9.95. The number of para-hydroxylation sites is 1. The molecule has 138 valence electrons. The summed E-state index contributed by atoms with van der Waals surface area (Å²) >= 11 is 0. The second kappa shape index (κ2) is 6.99. The van der Waals surface area contributed by atoms with Crippen LogP contribution in [0.4, 0.5) is 0 Å². The average Bonchev–Trinajstić information content (AvgIpc) is 2.98. The maximum atomic E-state index is 13.2. The quantitative estimate of drug-likeness (QED) is 0.526. The molecule has 27 heavy (non-hydrogen) atoms. The number of piperidine rings is 1. The lowest BCUT2D eigenvalue weighted by Crippen LogP contribution is -2.42. The van der Waals surface area contributed by atoms with Crippen molar-refractivity contribution in [1.29, 1.82) is 0 Å². The van der Waals surface area contributed by atoms with Crippen molar-refractivity contribution in [1.82, 2.24) is 14.5 Å². The summed E-state index contributed by atoms with van der Waals surface area (Å²) in [4.78, 5) is 32.4. The summed E-state index contributed by atoms with van der Waals surface area (Å²) in [6.45, 7) is 2.50. The number of pyridine rings is 1. The Morgan fingerprint density at radius 3 is 2.70 bits per heavy atom. The molecule has 1 amide bonds. The van der Waals surface area contributed by atoms with Gasteiger partial charge in [0.1, 0.15) is 0 Å². The molecule has 5 heteroatoms. The number of likely N-dealkylation sites (tertiary alicyclic amines) is 1. The van der Waals surface area contributed by atoms with Gasteiger partial charge in [-0.2, -0.15) is 0 Å². The van der Waals surface area contributed by atoms with Crippen molar-refractivity contribution in [3.8, 4) is 0 Å². The normalized spacial score (nSPS) is 17.3. The van der Waals surface area contributed by atoms with Crippen LogP contribution in [0.5, 0.6) is 0 Å². The highest BCUT2D eigenvalue weighted by Gasteiger charge is 2.34. The van der Waals surface area contributed by atoms with E-state index in [-0.39, 0.29) is 6.04 Å². The minimum absolute atomic E-state index is 0.0841. The molecule has 0 unspecified atom stereocenters. The zero-order valence-electron chi connectivity index (χ0n) is 15.7. The number of benzene rings is 1. The molecule has 4 rings (SSSR count). The second-order valence-electron chi connectivity index (χ2n) is 7.16. The fourth-order valence-corrected chi connectivity index (χ4v) is 4.14. The van der Waals surface area contributed by atoms with Crippen LogP contribution in [0.2, 0.25) is 0 Å². The summed E-state index contributed by atoms with van der Waals surface area (Å²) in [6.07, 6.45) is 6.35. The van der Waals surface area contributed by atoms with E-state index in [2.05, 4.69) is 4.98 Å². The summed E-state index contributed by atoms with van der Waals surface area (Å²) in [5.74, 6) is -0.830. The molecule has 0 saturated carbocycles. The maximum absolute atomic E-state index is 13.2. The Hall–Kier alpha value is -2.95. The van der Waals surface area contributed by atoms with Gasteiger partial charge >= 0.3 is 0 Å². The molecule has 0 aliphatic carbocycles. The number of carbonyl (C=O) groups excluding carboxylic acids is 2. The maximum Gasteiger partial charge on any atom is 0.295 e. The number of hydrogen-bond donors (Lipinski definition) is 0. The average molecular weight is 361 g/mol. The van der Waals surface area contributed by atoms with Crippen molar-refractivity contribution in [2.75, 3.05) is 6.54 Å². The van der Waals surface area contributed by atoms with Crippen LogP contribution in [0, 0.1) is 6.92 Å². The van der Waals surface area contributed by atoms with Gasteiger partial charge in [0, 0.05) is 42.6 Å². The SMILES string of the molecule is Cc1c(C(=O)C(=O)N2CCCC[C@H]2c2cccnc2)c2ccccc2n1C. The van der Waals surface area contributed by atoms with Gasteiger partial charge in [0.05, 0.1) is 11.6 Å². The van der Waals surface area contributed by atoms with Crippen LogP contribution < -0.4 is 0 Å². The summed E-state index contributed by atoms with van der Waals surface area (Å²) < 4.78 is 1.98. The van der Waals surface area contributed by atoms with Gasteiger partial charge in [-0.1, -0.05) is 24.3 Å². The molecule has 3 heterocycles. The topological polar surface area (TPSA) is 55.2 Å². The summed E-state index contributed by atoms with van der Waals surface area (Å²) in [5.41, 5.74) is 3.31. The smallest absolute Gasteiger partial charge is 0.295 e. The first-order valence-electron chi connectivity index (χ1n) is 9.39. The highest BCUT2D eigenvalue weighted by atomic mass is 16.2. The molecule has 1 fully saturated rings. The Bertz CT molecular complexity index is 1010. The standard InChI is InChI=1S/C22H23N3O2/c1-15-20(17-9-3-4-11-19(17)24(15)2)21(26)22(27)25-13-6-5-10-18(25)16-8-7-12-23-14-16/h3-4,7-9,11-12,14,18H,5-6,10,13H2,1-2H3/t18-/m0/s1. The number of rotatable bonds is 3. The van der Waals surface area contributed by atoms with Crippen molar-refractivity contribution in [2.24, 2.45) is 7.05 Å². The van der Waals surface area contributed by atoms with Crippen LogP contribution in [0.25, 0.3) is 10.9 Å². The zero-order valence-corrected chi connectivity index (χ0v) is 15.7. The lowest BCUT2D eigenvalue weighted by molar-refractivity contribution is -0.130. The van der Waals surface area contributed by atoms with E-state index in [1.807, 2.05) is 54.9 Å². The number of Topliss-reactive ketones (excluding diaryl/α,β-unsaturated/α-hetero) is 1. The molecule has 1 atom stereocenters. The third kappa shape index (κ3) is 2.93. The molecule has 1 aliphatic heterocycles. The van der Waals surface area contributed by atoms with Gasteiger partial charge in [-0.15, -0.1) is 0 Å². The van der Waals surface area contributed by atoms with Crippen molar-refractivity contribution in [3.05, 3.63) is 65.6 Å². The van der Waals surface area contributed by atoms with Crippen LogP contribution >= 0.6 is 0 Å². The van der Waals surface area contributed by atoms with E-state index in [1.54, 1.807) is 17.3 Å². The third-order valence-electron chi connectivity index (χ3n) is 5.65. The number of ketones is 1. The van der Waals surface area contributed by atoms with Crippen LogP contribution in [0.3, 0.4) is 0 Å². The number of aromatic nitrogens is 2. The van der Waals surface area contributed by atoms with E-state index in [1.165, 1.54) is 0 Å². The highest BCUT2D eigenvalue weighted by Crippen LogP contribution is 2.32. The number of hydrogen-bond acceptors (Lipinski definition) is 3.